The van der Waals surface area contributed by atoms with Gasteiger partial charge >= 0.3 is 5.63 Å². The van der Waals surface area contributed by atoms with E-state index in [9.17, 15) is 9.59 Å². The van der Waals surface area contributed by atoms with Gasteiger partial charge in [0, 0.05) is 24.5 Å². The Labute approximate surface area is 153 Å². The van der Waals surface area contributed by atoms with Crippen LogP contribution in [0.15, 0.2) is 57.7 Å². The Hall–Kier alpha value is -2.88. The van der Waals surface area contributed by atoms with Crippen molar-refractivity contribution in [2.45, 2.75) is 26.7 Å². The van der Waals surface area contributed by atoms with Crippen LogP contribution in [0.1, 0.15) is 35.9 Å². The zero-order chi connectivity index (χ0) is 18.7. The largest absolute Gasteiger partial charge is 0.416 e. The minimum absolute atomic E-state index is 0.108. The molecule has 0 spiro atoms. The third-order valence-corrected chi connectivity index (χ3v) is 4.57. The number of hydrogen-bond acceptors (Lipinski definition) is 3. The average Bonchev–Trinajstić information content (AvgIpc) is 2.66. The Morgan fingerprint density at radius 3 is 2.35 bits per heavy atom. The Morgan fingerprint density at radius 1 is 1.04 bits per heavy atom. The molecule has 3 rings (SSSR count). The molecule has 0 fully saturated rings. The molecule has 0 aliphatic heterocycles. The van der Waals surface area contributed by atoms with Crippen LogP contribution >= 0.6 is 0 Å². The highest BCUT2D eigenvalue weighted by atomic mass is 16.4. The van der Waals surface area contributed by atoms with Crippen molar-refractivity contribution in [1.82, 2.24) is 4.90 Å². The molecular formula is C22H23NO3. The van der Waals surface area contributed by atoms with E-state index in [4.69, 9.17) is 4.42 Å². The van der Waals surface area contributed by atoms with Gasteiger partial charge in [0.15, 0.2) is 0 Å². The standard InChI is InChI=1S/C22H23NO3/c1-4-5-14-23(3)21(24)20-19(16-12-10-15(2)11-13-16)17-8-6-7-9-18(17)22(25)26-20/h6-13H,4-5,14H2,1-3H3. The molecule has 1 heterocycles. The molecule has 0 atom stereocenters. The fourth-order valence-corrected chi connectivity index (χ4v) is 3.03. The van der Waals surface area contributed by atoms with Crippen molar-refractivity contribution in [2.24, 2.45) is 0 Å². The van der Waals surface area contributed by atoms with Gasteiger partial charge in [0.25, 0.3) is 5.91 Å². The van der Waals surface area contributed by atoms with Crippen LogP contribution in [0.3, 0.4) is 0 Å². The first-order valence-corrected chi connectivity index (χ1v) is 8.91. The lowest BCUT2D eigenvalue weighted by Crippen LogP contribution is -2.29. The third-order valence-electron chi connectivity index (χ3n) is 4.57. The van der Waals surface area contributed by atoms with E-state index < -0.39 is 5.63 Å². The summed E-state index contributed by atoms with van der Waals surface area (Å²) in [6, 6.07) is 15.2. The molecule has 0 aliphatic carbocycles. The minimum atomic E-state index is -0.483. The maximum absolute atomic E-state index is 13.0. The summed E-state index contributed by atoms with van der Waals surface area (Å²) in [5.41, 5.74) is 2.18. The second kappa shape index (κ2) is 7.56. The number of nitrogens with zero attached hydrogens (tertiary/aromatic N) is 1. The molecule has 0 radical (unpaired) electrons. The second-order valence-electron chi connectivity index (χ2n) is 6.59. The molecule has 4 nitrogen and oxygen atoms in total. The number of rotatable bonds is 5. The van der Waals surface area contributed by atoms with Crippen LogP contribution in [0.4, 0.5) is 0 Å². The van der Waals surface area contributed by atoms with Crippen LogP contribution < -0.4 is 5.63 Å². The first-order valence-electron chi connectivity index (χ1n) is 8.91. The van der Waals surface area contributed by atoms with Crippen LogP contribution in [0.5, 0.6) is 0 Å². The SMILES string of the molecule is CCCCN(C)C(=O)c1oc(=O)c2ccccc2c1-c1ccc(C)cc1. The summed E-state index contributed by atoms with van der Waals surface area (Å²) >= 11 is 0. The summed E-state index contributed by atoms with van der Waals surface area (Å²) < 4.78 is 5.52. The smallest absolute Gasteiger partial charge is 0.344 e. The van der Waals surface area contributed by atoms with Gasteiger partial charge in [-0.1, -0.05) is 61.4 Å². The molecule has 0 saturated heterocycles. The normalized spacial score (nSPS) is 10.9. The first-order chi connectivity index (χ1) is 12.5. The molecule has 0 N–H and O–H groups in total. The molecule has 4 heteroatoms. The van der Waals surface area contributed by atoms with Crippen molar-refractivity contribution in [1.29, 1.82) is 0 Å². The lowest BCUT2D eigenvalue weighted by atomic mass is 9.97. The molecule has 1 aromatic heterocycles. The number of unbranched alkanes of at least 4 members (excludes halogenated alkanes) is 1. The molecular weight excluding hydrogens is 326 g/mol. The lowest BCUT2D eigenvalue weighted by Gasteiger charge is -2.18. The van der Waals surface area contributed by atoms with Gasteiger partial charge in [0.1, 0.15) is 0 Å². The highest BCUT2D eigenvalue weighted by molar-refractivity contribution is 6.07. The fraction of sp³-hybridized carbons (Fsp3) is 0.273. The first kappa shape index (κ1) is 17.9. The predicted octanol–water partition coefficient (Wildman–Crippen LogP) is 4.64. The van der Waals surface area contributed by atoms with Crippen LogP contribution in [0.2, 0.25) is 0 Å². The second-order valence-corrected chi connectivity index (χ2v) is 6.59. The minimum Gasteiger partial charge on any atom is -0.416 e. The van der Waals surface area contributed by atoms with Gasteiger partial charge in [-0.15, -0.1) is 0 Å². The number of fused-ring (bicyclic) bond motifs is 1. The van der Waals surface area contributed by atoms with Crippen molar-refractivity contribution in [3.05, 3.63) is 70.3 Å². The van der Waals surface area contributed by atoms with E-state index in [0.29, 0.717) is 17.5 Å². The summed E-state index contributed by atoms with van der Waals surface area (Å²) in [4.78, 5) is 27.1. The maximum atomic E-state index is 13.0. The van der Waals surface area contributed by atoms with E-state index in [1.54, 1.807) is 24.1 Å². The number of amides is 1. The van der Waals surface area contributed by atoms with E-state index in [2.05, 4.69) is 6.92 Å². The van der Waals surface area contributed by atoms with E-state index >= 15 is 0 Å². The number of benzene rings is 2. The average molecular weight is 349 g/mol. The van der Waals surface area contributed by atoms with E-state index in [1.165, 1.54) is 0 Å². The van der Waals surface area contributed by atoms with Crippen LogP contribution in [-0.2, 0) is 0 Å². The van der Waals surface area contributed by atoms with E-state index in [1.807, 2.05) is 43.3 Å². The van der Waals surface area contributed by atoms with Crippen molar-refractivity contribution < 1.29 is 9.21 Å². The zero-order valence-electron chi connectivity index (χ0n) is 15.4. The Kier molecular flexibility index (Phi) is 5.21. The van der Waals surface area contributed by atoms with Gasteiger partial charge in [0.2, 0.25) is 5.76 Å². The molecule has 134 valence electrons. The topological polar surface area (TPSA) is 50.5 Å². The number of carbonyl (C=O) groups excluding carboxylic acids is 1. The number of carbonyl (C=O) groups is 1. The fourth-order valence-electron chi connectivity index (χ4n) is 3.03. The monoisotopic (exact) mass is 349 g/mol. The van der Waals surface area contributed by atoms with E-state index in [-0.39, 0.29) is 11.7 Å². The third kappa shape index (κ3) is 3.40. The van der Waals surface area contributed by atoms with Crippen molar-refractivity contribution in [2.75, 3.05) is 13.6 Å². The molecule has 0 saturated carbocycles. The molecule has 3 aromatic rings. The van der Waals surface area contributed by atoms with Gasteiger partial charge in [-0.25, -0.2) is 4.79 Å². The summed E-state index contributed by atoms with van der Waals surface area (Å²) in [7, 11) is 1.74. The molecule has 1 amide bonds. The number of hydrogen-bond donors (Lipinski definition) is 0. The van der Waals surface area contributed by atoms with Crippen molar-refractivity contribution in [3.63, 3.8) is 0 Å². The van der Waals surface area contributed by atoms with Gasteiger partial charge in [-0.05, 0) is 25.0 Å². The molecule has 0 bridgehead atoms. The highest BCUT2D eigenvalue weighted by Gasteiger charge is 2.23. The highest BCUT2D eigenvalue weighted by Crippen LogP contribution is 2.31. The van der Waals surface area contributed by atoms with E-state index in [0.717, 1.165) is 29.4 Å². The van der Waals surface area contributed by atoms with Gasteiger partial charge < -0.3 is 9.32 Å². The summed E-state index contributed by atoms with van der Waals surface area (Å²) in [5, 5.41) is 1.22. The quantitative estimate of drug-likeness (QED) is 0.674. The van der Waals surface area contributed by atoms with Gasteiger partial charge in [0.05, 0.1) is 5.39 Å². The van der Waals surface area contributed by atoms with Crippen molar-refractivity contribution in [3.8, 4) is 11.1 Å². The van der Waals surface area contributed by atoms with Crippen LogP contribution in [0, 0.1) is 6.92 Å². The molecule has 2 aromatic carbocycles. The summed E-state index contributed by atoms with van der Waals surface area (Å²) in [6.45, 7) is 4.71. The van der Waals surface area contributed by atoms with Crippen LogP contribution in [-0.4, -0.2) is 24.4 Å². The van der Waals surface area contributed by atoms with Crippen LogP contribution in [0.25, 0.3) is 21.9 Å². The Bertz CT molecular complexity index is 986. The Morgan fingerprint density at radius 2 is 1.69 bits per heavy atom. The molecule has 0 unspecified atom stereocenters. The van der Waals surface area contributed by atoms with Gasteiger partial charge in [-0.3, -0.25) is 4.79 Å². The van der Waals surface area contributed by atoms with Gasteiger partial charge in [-0.2, -0.15) is 0 Å². The van der Waals surface area contributed by atoms with Crippen molar-refractivity contribution >= 4 is 16.7 Å². The summed E-state index contributed by atoms with van der Waals surface area (Å²) in [5.74, 6) is -0.159. The Balaban J connectivity index is 2.24. The molecule has 0 aliphatic rings. The maximum Gasteiger partial charge on any atom is 0.344 e. The predicted molar refractivity (Wildman–Crippen MR) is 105 cm³/mol. The molecule has 26 heavy (non-hydrogen) atoms. The lowest BCUT2D eigenvalue weighted by molar-refractivity contribution is 0.0759. The zero-order valence-corrected chi connectivity index (χ0v) is 15.4. The number of aryl methyl sites for hydroxylation is 1. The summed E-state index contributed by atoms with van der Waals surface area (Å²) in [6.07, 6.45) is 1.89.